The van der Waals surface area contributed by atoms with E-state index in [1.165, 1.54) is 0 Å². The van der Waals surface area contributed by atoms with E-state index in [9.17, 15) is 13.9 Å². The van der Waals surface area contributed by atoms with Crippen LogP contribution in [-0.2, 0) is 0 Å². The number of halogens is 2. The van der Waals surface area contributed by atoms with Crippen LogP contribution in [0.2, 0.25) is 0 Å². The number of alkyl halides is 2. The molecule has 0 unspecified atom stereocenters. The van der Waals surface area contributed by atoms with E-state index < -0.39 is 17.9 Å². The van der Waals surface area contributed by atoms with Crippen molar-refractivity contribution in [3.8, 4) is 0 Å². The highest BCUT2D eigenvalue weighted by Crippen LogP contribution is 2.43. The van der Waals surface area contributed by atoms with Crippen molar-refractivity contribution in [3.05, 3.63) is 35.9 Å². The zero-order valence-corrected chi connectivity index (χ0v) is 10.7. The van der Waals surface area contributed by atoms with Crippen molar-refractivity contribution in [2.75, 3.05) is 0 Å². The Morgan fingerprint density at radius 3 is 2.61 bits per heavy atom. The van der Waals surface area contributed by atoms with Crippen molar-refractivity contribution in [1.29, 1.82) is 0 Å². The monoisotopic (exact) mass is 254 g/mol. The fourth-order valence-electron chi connectivity index (χ4n) is 2.84. The summed E-state index contributed by atoms with van der Waals surface area (Å²) in [5.74, 6) is -3.57. The summed E-state index contributed by atoms with van der Waals surface area (Å²) in [4.78, 5) is 0. The molecule has 0 spiro atoms. The van der Waals surface area contributed by atoms with Gasteiger partial charge in [0.05, 0.1) is 6.10 Å². The predicted molar refractivity (Wildman–Crippen MR) is 67.8 cm³/mol. The van der Waals surface area contributed by atoms with E-state index in [1.807, 2.05) is 37.3 Å². The normalized spacial score (nSPS) is 28.9. The molecule has 3 heteroatoms. The third-order valence-corrected chi connectivity index (χ3v) is 3.99. The second-order valence-corrected chi connectivity index (χ2v) is 5.37. The van der Waals surface area contributed by atoms with Gasteiger partial charge in [0.25, 0.3) is 5.92 Å². The van der Waals surface area contributed by atoms with Crippen LogP contribution >= 0.6 is 0 Å². The summed E-state index contributed by atoms with van der Waals surface area (Å²) in [6.45, 7) is 1.95. The zero-order valence-electron chi connectivity index (χ0n) is 10.7. The SMILES string of the molecule is C[C@@H](C[C@@H]1[C@@H](O)CCCC1(F)F)c1ccccc1. The first-order valence-corrected chi connectivity index (χ1v) is 6.61. The minimum absolute atomic E-state index is 0.0508. The Morgan fingerprint density at radius 2 is 2.00 bits per heavy atom. The number of hydrogen-bond acceptors (Lipinski definition) is 1. The molecule has 2 rings (SSSR count). The number of aliphatic hydroxyl groups is 1. The van der Waals surface area contributed by atoms with Gasteiger partial charge in [-0.25, -0.2) is 8.78 Å². The van der Waals surface area contributed by atoms with Crippen molar-refractivity contribution >= 4 is 0 Å². The molecule has 0 saturated heterocycles. The third-order valence-electron chi connectivity index (χ3n) is 3.99. The topological polar surface area (TPSA) is 20.2 Å². The smallest absolute Gasteiger partial charge is 0.253 e. The third kappa shape index (κ3) is 2.89. The van der Waals surface area contributed by atoms with Gasteiger partial charge in [-0.3, -0.25) is 0 Å². The predicted octanol–water partition coefficient (Wildman–Crippen LogP) is 3.98. The summed E-state index contributed by atoms with van der Waals surface area (Å²) in [5.41, 5.74) is 1.06. The molecular formula is C15H20F2O. The zero-order chi connectivity index (χ0) is 13.2. The minimum Gasteiger partial charge on any atom is -0.393 e. The van der Waals surface area contributed by atoms with Crippen molar-refractivity contribution < 1.29 is 13.9 Å². The van der Waals surface area contributed by atoms with Crippen LogP contribution in [0.5, 0.6) is 0 Å². The highest BCUT2D eigenvalue weighted by molar-refractivity contribution is 5.19. The molecule has 18 heavy (non-hydrogen) atoms. The number of rotatable bonds is 3. The van der Waals surface area contributed by atoms with Gasteiger partial charge in [-0.05, 0) is 30.7 Å². The fraction of sp³-hybridized carbons (Fsp3) is 0.600. The van der Waals surface area contributed by atoms with Gasteiger partial charge < -0.3 is 5.11 Å². The van der Waals surface area contributed by atoms with E-state index in [2.05, 4.69) is 0 Å². The van der Waals surface area contributed by atoms with Gasteiger partial charge in [-0.1, -0.05) is 37.3 Å². The number of aliphatic hydroxyl groups excluding tert-OH is 1. The average molecular weight is 254 g/mol. The molecule has 1 aliphatic carbocycles. The molecule has 0 amide bonds. The van der Waals surface area contributed by atoms with Crippen LogP contribution in [-0.4, -0.2) is 17.1 Å². The quantitative estimate of drug-likeness (QED) is 0.865. The molecule has 0 radical (unpaired) electrons. The van der Waals surface area contributed by atoms with Crippen LogP contribution in [0.4, 0.5) is 8.78 Å². The lowest BCUT2D eigenvalue weighted by atomic mass is 9.77. The molecule has 1 aromatic rings. The number of benzene rings is 1. The van der Waals surface area contributed by atoms with E-state index in [-0.39, 0.29) is 12.3 Å². The lowest BCUT2D eigenvalue weighted by molar-refractivity contribution is -0.137. The Morgan fingerprint density at radius 1 is 1.33 bits per heavy atom. The molecule has 100 valence electrons. The van der Waals surface area contributed by atoms with Gasteiger partial charge in [0.2, 0.25) is 0 Å². The van der Waals surface area contributed by atoms with Crippen LogP contribution in [0.1, 0.15) is 44.1 Å². The lowest BCUT2D eigenvalue weighted by Crippen LogP contribution is -2.42. The van der Waals surface area contributed by atoms with Gasteiger partial charge in [-0.15, -0.1) is 0 Å². The minimum atomic E-state index is -2.72. The molecule has 0 heterocycles. The second kappa shape index (κ2) is 5.35. The van der Waals surface area contributed by atoms with E-state index in [4.69, 9.17) is 0 Å². The first kappa shape index (κ1) is 13.5. The van der Waals surface area contributed by atoms with Crippen molar-refractivity contribution in [2.24, 2.45) is 5.92 Å². The molecule has 1 saturated carbocycles. The second-order valence-electron chi connectivity index (χ2n) is 5.37. The molecule has 1 aliphatic rings. The molecule has 0 aliphatic heterocycles. The Balaban J connectivity index is 2.07. The van der Waals surface area contributed by atoms with Crippen LogP contribution < -0.4 is 0 Å². The largest absolute Gasteiger partial charge is 0.393 e. The van der Waals surface area contributed by atoms with Gasteiger partial charge in [0, 0.05) is 12.3 Å². The van der Waals surface area contributed by atoms with Crippen LogP contribution in [0.25, 0.3) is 0 Å². The van der Waals surface area contributed by atoms with Gasteiger partial charge in [0.1, 0.15) is 0 Å². The Labute approximate surface area is 107 Å². The summed E-state index contributed by atoms with van der Waals surface area (Å²) in [5, 5.41) is 9.82. The van der Waals surface area contributed by atoms with E-state index >= 15 is 0 Å². The van der Waals surface area contributed by atoms with Crippen LogP contribution in [0, 0.1) is 5.92 Å². The number of hydrogen-bond donors (Lipinski definition) is 1. The Kier molecular flexibility index (Phi) is 4.00. The summed E-state index contributed by atoms with van der Waals surface area (Å²) in [7, 11) is 0. The standard InChI is InChI=1S/C15H20F2O/c1-11(12-6-3-2-4-7-12)10-13-14(18)8-5-9-15(13,16)17/h2-4,6-7,11,13-14,18H,5,8-10H2,1H3/t11-,13+,14-/m0/s1. The van der Waals surface area contributed by atoms with Crippen molar-refractivity contribution in [2.45, 2.75) is 50.6 Å². The summed E-state index contributed by atoms with van der Waals surface area (Å²) < 4.78 is 27.7. The highest BCUT2D eigenvalue weighted by atomic mass is 19.3. The van der Waals surface area contributed by atoms with E-state index in [1.54, 1.807) is 0 Å². The molecule has 1 nitrogen and oxygen atoms in total. The maximum Gasteiger partial charge on any atom is 0.253 e. The Bertz CT molecular complexity index is 377. The first-order valence-electron chi connectivity index (χ1n) is 6.61. The van der Waals surface area contributed by atoms with E-state index in [0.717, 1.165) is 5.56 Å². The van der Waals surface area contributed by atoms with Gasteiger partial charge >= 0.3 is 0 Å². The lowest BCUT2D eigenvalue weighted by Gasteiger charge is -2.36. The summed E-state index contributed by atoms with van der Waals surface area (Å²) >= 11 is 0. The van der Waals surface area contributed by atoms with Gasteiger partial charge in [-0.2, -0.15) is 0 Å². The Hall–Kier alpha value is -0.960. The van der Waals surface area contributed by atoms with Crippen molar-refractivity contribution in [1.82, 2.24) is 0 Å². The molecular weight excluding hydrogens is 234 g/mol. The molecule has 3 atom stereocenters. The maximum absolute atomic E-state index is 13.8. The molecule has 0 aromatic heterocycles. The van der Waals surface area contributed by atoms with E-state index in [0.29, 0.717) is 19.3 Å². The highest BCUT2D eigenvalue weighted by Gasteiger charge is 2.46. The van der Waals surface area contributed by atoms with Crippen LogP contribution in [0.15, 0.2) is 30.3 Å². The first-order chi connectivity index (χ1) is 8.50. The van der Waals surface area contributed by atoms with Crippen LogP contribution in [0.3, 0.4) is 0 Å². The maximum atomic E-state index is 13.8. The molecule has 1 fully saturated rings. The van der Waals surface area contributed by atoms with Crippen molar-refractivity contribution in [3.63, 3.8) is 0 Å². The average Bonchev–Trinajstić information content (AvgIpc) is 2.34. The molecule has 0 bridgehead atoms. The van der Waals surface area contributed by atoms with Gasteiger partial charge in [0.15, 0.2) is 0 Å². The fourth-order valence-corrected chi connectivity index (χ4v) is 2.84. The summed E-state index contributed by atoms with van der Waals surface area (Å²) in [6.07, 6.45) is 0.320. The molecule has 1 N–H and O–H groups in total. The summed E-state index contributed by atoms with van der Waals surface area (Å²) in [6, 6.07) is 9.67. The molecule has 1 aromatic carbocycles.